The van der Waals surface area contributed by atoms with E-state index in [2.05, 4.69) is 116 Å². The Kier molecular flexibility index (Phi) is 4.89. The van der Waals surface area contributed by atoms with Gasteiger partial charge in [0.05, 0.1) is 0 Å². The summed E-state index contributed by atoms with van der Waals surface area (Å²) >= 11 is 0. The third kappa shape index (κ3) is 2.87. The molecule has 0 N–H and O–H groups in total. The molecule has 0 saturated carbocycles. The molecule has 0 fully saturated rings. The summed E-state index contributed by atoms with van der Waals surface area (Å²) in [5, 5.41) is 5.27. The van der Waals surface area contributed by atoms with E-state index in [0.29, 0.717) is 0 Å². The van der Waals surface area contributed by atoms with Crippen LogP contribution < -0.4 is 0 Å². The van der Waals surface area contributed by atoms with Crippen molar-refractivity contribution in [3.05, 3.63) is 108 Å². The Hall–Kier alpha value is -2.74. The second-order valence-electron chi connectivity index (χ2n) is 9.83. The van der Waals surface area contributed by atoms with Crippen LogP contribution in [0.4, 0.5) is 0 Å². The normalized spacial score (nSPS) is 13.7. The van der Waals surface area contributed by atoms with Crippen molar-refractivity contribution in [3.8, 4) is 22.3 Å². The third-order valence-electron chi connectivity index (χ3n) is 7.75. The van der Waals surface area contributed by atoms with Crippen molar-refractivity contribution in [1.29, 1.82) is 0 Å². The predicted molar refractivity (Wildman–Crippen MR) is 140 cm³/mol. The summed E-state index contributed by atoms with van der Waals surface area (Å²) in [4.78, 5) is 0. The van der Waals surface area contributed by atoms with Crippen LogP contribution in [0.1, 0.15) is 25.0 Å². The monoisotopic (exact) mass is 511 g/mol. The minimum absolute atomic E-state index is 0. The molecular formula is C32H24NY-. The second-order valence-corrected chi connectivity index (χ2v) is 9.83. The van der Waals surface area contributed by atoms with Crippen LogP contribution in [0.5, 0.6) is 0 Å². The molecule has 7 rings (SSSR count). The molecule has 1 radical (unpaired) electrons. The molecule has 0 amide bonds. The van der Waals surface area contributed by atoms with E-state index < -0.39 is 0 Å². The molecular weight excluding hydrogens is 487 g/mol. The zero-order valence-corrected chi connectivity index (χ0v) is 22.5. The molecule has 1 aromatic heterocycles. The van der Waals surface area contributed by atoms with Crippen LogP contribution in [0.2, 0.25) is 0 Å². The van der Waals surface area contributed by atoms with Crippen LogP contribution in [-0.4, -0.2) is 4.57 Å². The summed E-state index contributed by atoms with van der Waals surface area (Å²) in [5.74, 6) is 0. The fraction of sp³-hybridized carbons (Fsp3) is 0.125. The molecule has 0 aliphatic heterocycles. The van der Waals surface area contributed by atoms with Crippen LogP contribution in [0.3, 0.4) is 0 Å². The van der Waals surface area contributed by atoms with Gasteiger partial charge in [0.15, 0.2) is 0 Å². The Morgan fingerprint density at radius 1 is 0.706 bits per heavy atom. The van der Waals surface area contributed by atoms with Crippen molar-refractivity contribution in [2.24, 2.45) is 7.05 Å². The largest absolute Gasteiger partial charge is 0.344 e. The van der Waals surface area contributed by atoms with Crippen LogP contribution in [-0.2, 0) is 45.2 Å². The minimum atomic E-state index is -0.0157. The molecule has 5 aromatic carbocycles. The molecule has 0 bridgehead atoms. The quantitative estimate of drug-likeness (QED) is 0.196. The van der Waals surface area contributed by atoms with E-state index in [1.807, 2.05) is 6.07 Å². The molecule has 1 nitrogen and oxygen atoms in total. The first-order valence-electron chi connectivity index (χ1n) is 11.6. The molecule has 2 heteroatoms. The van der Waals surface area contributed by atoms with Crippen molar-refractivity contribution in [2.45, 2.75) is 19.3 Å². The number of hydrogen-bond donors (Lipinski definition) is 0. The number of fused-ring (bicyclic) bond motifs is 8. The molecule has 1 heterocycles. The predicted octanol–water partition coefficient (Wildman–Crippen LogP) is 8.26. The maximum Gasteiger partial charge on any atom is 0.0495 e. The van der Waals surface area contributed by atoms with Crippen LogP contribution >= 0.6 is 0 Å². The Balaban J connectivity index is 0.00000217. The summed E-state index contributed by atoms with van der Waals surface area (Å²) in [6.07, 6.45) is 0. The first kappa shape index (κ1) is 21.8. The van der Waals surface area contributed by atoms with Gasteiger partial charge in [0.2, 0.25) is 0 Å². The SMILES string of the molecule is Cn1c2ccc(-c3ccc4c(c3)C(C)(C)c3c[c-]ccc3-4)cc2c2c3ccccc3ccc21.[Y]. The zero-order chi connectivity index (χ0) is 22.3. The van der Waals surface area contributed by atoms with Gasteiger partial charge < -0.3 is 4.57 Å². The minimum Gasteiger partial charge on any atom is -0.344 e. The van der Waals surface area contributed by atoms with E-state index >= 15 is 0 Å². The van der Waals surface area contributed by atoms with Crippen molar-refractivity contribution in [3.63, 3.8) is 0 Å². The second kappa shape index (κ2) is 7.63. The van der Waals surface area contributed by atoms with Crippen molar-refractivity contribution in [2.75, 3.05) is 0 Å². The maximum absolute atomic E-state index is 3.28. The first-order chi connectivity index (χ1) is 16.0. The smallest absolute Gasteiger partial charge is 0.0495 e. The third-order valence-corrected chi connectivity index (χ3v) is 7.75. The topological polar surface area (TPSA) is 4.93 Å². The number of rotatable bonds is 1. The van der Waals surface area contributed by atoms with E-state index in [4.69, 9.17) is 0 Å². The summed E-state index contributed by atoms with van der Waals surface area (Å²) in [5.41, 5.74) is 10.5. The number of aryl methyl sites for hydroxylation is 1. The molecule has 0 atom stereocenters. The van der Waals surface area contributed by atoms with E-state index in [1.165, 1.54) is 66.0 Å². The van der Waals surface area contributed by atoms with E-state index in [1.54, 1.807) is 0 Å². The molecule has 1 aliphatic rings. The van der Waals surface area contributed by atoms with Crippen molar-refractivity contribution >= 4 is 32.6 Å². The van der Waals surface area contributed by atoms with Gasteiger partial charge in [0.25, 0.3) is 0 Å². The Bertz CT molecular complexity index is 1750. The van der Waals surface area contributed by atoms with Crippen molar-refractivity contribution < 1.29 is 32.7 Å². The van der Waals surface area contributed by atoms with Gasteiger partial charge >= 0.3 is 0 Å². The molecule has 0 spiro atoms. The van der Waals surface area contributed by atoms with Crippen LogP contribution in [0.15, 0.2) is 91.0 Å². The Morgan fingerprint density at radius 3 is 2.32 bits per heavy atom. The van der Waals surface area contributed by atoms with Crippen LogP contribution in [0, 0.1) is 6.07 Å². The van der Waals surface area contributed by atoms with Gasteiger partial charge in [-0.1, -0.05) is 68.4 Å². The van der Waals surface area contributed by atoms with Gasteiger partial charge in [0.1, 0.15) is 0 Å². The van der Waals surface area contributed by atoms with E-state index in [-0.39, 0.29) is 38.1 Å². The van der Waals surface area contributed by atoms with Crippen LogP contribution in [0.25, 0.3) is 54.8 Å². The molecule has 6 aromatic rings. The average molecular weight is 511 g/mol. The van der Waals surface area contributed by atoms with Gasteiger partial charge in [-0.25, -0.2) is 0 Å². The van der Waals surface area contributed by atoms with Gasteiger partial charge in [-0.15, -0.1) is 11.1 Å². The summed E-state index contributed by atoms with van der Waals surface area (Å²) < 4.78 is 2.32. The van der Waals surface area contributed by atoms with Gasteiger partial charge in [0, 0.05) is 61.6 Å². The summed E-state index contributed by atoms with van der Waals surface area (Å²) in [6.45, 7) is 4.66. The fourth-order valence-electron chi connectivity index (χ4n) is 5.96. The number of aromatic nitrogens is 1. The molecule has 0 saturated heterocycles. The standard InChI is InChI=1S/C32H24N.Y/c1-32(2)27-11-7-6-10-24(27)25-15-12-22(19-28(25)32)21-14-16-29-26(18-21)31-23-9-5-4-8-20(23)13-17-30(31)33(29)3;/h4-6,8-19H,1-3H3;/q-1;. The zero-order valence-electron chi connectivity index (χ0n) is 19.7. The average Bonchev–Trinajstić information content (AvgIpc) is 3.27. The van der Waals surface area contributed by atoms with Crippen molar-refractivity contribution in [1.82, 2.24) is 4.57 Å². The maximum atomic E-state index is 3.28. The molecule has 0 unspecified atom stereocenters. The Morgan fingerprint density at radius 2 is 1.44 bits per heavy atom. The first-order valence-corrected chi connectivity index (χ1v) is 11.6. The van der Waals surface area contributed by atoms with Gasteiger partial charge in [-0.2, -0.15) is 24.3 Å². The molecule has 161 valence electrons. The van der Waals surface area contributed by atoms with Gasteiger partial charge in [-0.3, -0.25) is 0 Å². The number of nitrogens with zero attached hydrogens (tertiary/aromatic N) is 1. The number of benzene rings is 5. The van der Waals surface area contributed by atoms with E-state index in [0.717, 1.165) is 0 Å². The Labute approximate surface area is 225 Å². The summed E-state index contributed by atoms with van der Waals surface area (Å²) in [6, 6.07) is 36.8. The summed E-state index contributed by atoms with van der Waals surface area (Å²) in [7, 11) is 2.17. The molecule has 34 heavy (non-hydrogen) atoms. The fourth-order valence-corrected chi connectivity index (χ4v) is 5.96. The number of hydrogen-bond acceptors (Lipinski definition) is 0. The van der Waals surface area contributed by atoms with Gasteiger partial charge in [-0.05, 0) is 56.6 Å². The van der Waals surface area contributed by atoms with E-state index in [9.17, 15) is 0 Å². The molecule has 1 aliphatic carbocycles.